The summed E-state index contributed by atoms with van der Waals surface area (Å²) in [5.74, 6) is -2.05. The minimum Gasteiger partial charge on any atom is -0.747 e. The Kier molecular flexibility index (Phi) is 15.2. The van der Waals surface area contributed by atoms with Crippen molar-refractivity contribution in [3.8, 4) is 0 Å². The van der Waals surface area contributed by atoms with Crippen molar-refractivity contribution in [3.05, 3.63) is 0 Å². The van der Waals surface area contributed by atoms with Gasteiger partial charge in [0, 0.05) is 13.2 Å². The van der Waals surface area contributed by atoms with E-state index in [1.807, 2.05) is 0 Å². The van der Waals surface area contributed by atoms with Gasteiger partial charge in [-0.15, -0.1) is 0 Å². The van der Waals surface area contributed by atoms with E-state index in [-0.39, 0.29) is 55.8 Å². The van der Waals surface area contributed by atoms with E-state index in [4.69, 9.17) is 14.2 Å². The van der Waals surface area contributed by atoms with Crippen LogP contribution < -0.4 is 29.6 Å². The van der Waals surface area contributed by atoms with E-state index in [1.54, 1.807) is 13.8 Å². The van der Waals surface area contributed by atoms with E-state index >= 15 is 0 Å². The molecule has 0 N–H and O–H groups in total. The second-order valence-corrected chi connectivity index (χ2v) is 5.91. The van der Waals surface area contributed by atoms with Gasteiger partial charge in [0.05, 0.1) is 19.6 Å². The topological polar surface area (TPSA) is 128 Å². The first-order chi connectivity index (χ1) is 10.7. The smallest absolute Gasteiger partial charge is 0.747 e. The molecule has 9 nitrogen and oxygen atoms in total. The molecule has 0 bridgehead atoms. The number of ether oxygens (including phenoxy) is 4. The van der Waals surface area contributed by atoms with Gasteiger partial charge in [-0.1, -0.05) is 0 Å². The summed E-state index contributed by atoms with van der Waals surface area (Å²) in [7, 11) is -5.05. The van der Waals surface area contributed by atoms with E-state index in [9.17, 15) is 22.6 Å². The number of esters is 2. The molecule has 0 aromatic rings. The van der Waals surface area contributed by atoms with Crippen molar-refractivity contribution >= 4 is 22.1 Å². The van der Waals surface area contributed by atoms with Crippen LogP contribution in [-0.2, 0) is 38.7 Å². The van der Waals surface area contributed by atoms with Crippen LogP contribution in [-0.4, -0.2) is 69.3 Å². The van der Waals surface area contributed by atoms with Gasteiger partial charge in [-0.05, 0) is 20.8 Å². The Bertz CT molecular complexity index is 466. The van der Waals surface area contributed by atoms with Gasteiger partial charge in [0.2, 0.25) is 0 Å². The van der Waals surface area contributed by atoms with E-state index in [0.29, 0.717) is 13.2 Å². The van der Waals surface area contributed by atoms with Crippen LogP contribution in [0.5, 0.6) is 0 Å². The molecule has 0 aromatic heterocycles. The molecule has 0 fully saturated rings. The first-order valence-electron chi connectivity index (χ1n) is 7.20. The fourth-order valence-electron chi connectivity index (χ4n) is 1.60. The molecule has 2 unspecified atom stereocenters. The SMILES string of the molecule is CCOCCOC(=O)C(C(C)OC(=O)CCOCC)S(=O)(=O)[O-].[Na+]. The van der Waals surface area contributed by atoms with Crippen LogP contribution >= 0.6 is 0 Å². The molecule has 0 radical (unpaired) electrons. The number of carbonyl (C=O) groups is 2. The van der Waals surface area contributed by atoms with Gasteiger partial charge in [0.15, 0.2) is 5.25 Å². The molecule has 0 saturated heterocycles. The zero-order chi connectivity index (χ0) is 17.9. The molecular formula is C13H23NaO9S. The average Bonchev–Trinajstić information content (AvgIpc) is 2.42. The minimum atomic E-state index is -5.05. The van der Waals surface area contributed by atoms with Crippen molar-refractivity contribution in [2.24, 2.45) is 0 Å². The Labute approximate surface area is 164 Å². The van der Waals surface area contributed by atoms with E-state index < -0.39 is 33.4 Å². The fourth-order valence-corrected chi connectivity index (χ4v) is 2.43. The standard InChI is InChI=1S/C13H24O9S.Na/c1-4-19-7-6-11(14)22-10(3)12(23(16,17)18)13(15)21-9-8-20-5-2;/h10,12H,4-9H2,1-3H3,(H,16,17,18);/q;+1/p-1. The first-order valence-corrected chi connectivity index (χ1v) is 8.67. The molecule has 0 spiro atoms. The Morgan fingerprint density at radius 2 is 1.58 bits per heavy atom. The van der Waals surface area contributed by atoms with Gasteiger partial charge in [0.1, 0.15) is 22.8 Å². The quantitative estimate of drug-likeness (QED) is 0.150. The number of hydrogen-bond donors (Lipinski definition) is 0. The summed E-state index contributed by atoms with van der Waals surface area (Å²) in [6.07, 6.45) is -1.59. The van der Waals surface area contributed by atoms with Crippen LogP contribution in [0.1, 0.15) is 27.2 Å². The molecule has 0 amide bonds. The molecule has 0 heterocycles. The Hall–Kier alpha value is -0.230. The maximum atomic E-state index is 11.8. The van der Waals surface area contributed by atoms with E-state index in [0.717, 1.165) is 6.92 Å². The third-order valence-electron chi connectivity index (χ3n) is 2.62. The summed E-state index contributed by atoms with van der Waals surface area (Å²) in [4.78, 5) is 23.3. The molecule has 0 aliphatic heterocycles. The molecule has 0 saturated carbocycles. The predicted molar refractivity (Wildman–Crippen MR) is 77.6 cm³/mol. The van der Waals surface area contributed by atoms with Crippen molar-refractivity contribution in [2.75, 3.05) is 33.0 Å². The normalized spacial score (nSPS) is 13.5. The monoisotopic (exact) mass is 378 g/mol. The van der Waals surface area contributed by atoms with E-state index in [2.05, 4.69) is 4.74 Å². The van der Waals surface area contributed by atoms with Gasteiger partial charge in [-0.3, -0.25) is 9.59 Å². The van der Waals surface area contributed by atoms with Gasteiger partial charge >= 0.3 is 41.5 Å². The van der Waals surface area contributed by atoms with Crippen LogP contribution in [0.4, 0.5) is 0 Å². The van der Waals surface area contributed by atoms with Crippen LogP contribution in [0, 0.1) is 0 Å². The Morgan fingerprint density at radius 3 is 2.08 bits per heavy atom. The van der Waals surface area contributed by atoms with Gasteiger partial charge in [0.25, 0.3) is 0 Å². The van der Waals surface area contributed by atoms with Crippen LogP contribution in [0.25, 0.3) is 0 Å². The van der Waals surface area contributed by atoms with Gasteiger partial charge in [-0.2, -0.15) is 0 Å². The van der Waals surface area contributed by atoms with Crippen molar-refractivity contribution in [1.29, 1.82) is 0 Å². The zero-order valence-electron chi connectivity index (χ0n) is 14.5. The number of rotatable bonds is 12. The summed E-state index contributed by atoms with van der Waals surface area (Å²) < 4.78 is 53.1. The molecule has 24 heavy (non-hydrogen) atoms. The Balaban J connectivity index is 0. The second-order valence-electron chi connectivity index (χ2n) is 4.42. The van der Waals surface area contributed by atoms with Crippen LogP contribution in [0.15, 0.2) is 0 Å². The summed E-state index contributed by atoms with van der Waals surface area (Å²) in [6.45, 7) is 5.38. The molecule has 0 rings (SSSR count). The number of carbonyl (C=O) groups excluding carboxylic acids is 2. The Morgan fingerprint density at radius 1 is 1.04 bits per heavy atom. The molecule has 0 aliphatic rings. The summed E-state index contributed by atoms with van der Waals surface area (Å²) in [5.41, 5.74) is 0. The summed E-state index contributed by atoms with van der Waals surface area (Å²) in [6, 6.07) is 0. The third kappa shape index (κ3) is 11.3. The minimum absolute atomic E-state index is 0. The van der Waals surface area contributed by atoms with Crippen molar-refractivity contribution in [1.82, 2.24) is 0 Å². The summed E-state index contributed by atoms with van der Waals surface area (Å²) >= 11 is 0. The van der Waals surface area contributed by atoms with Gasteiger partial charge in [-0.25, -0.2) is 8.42 Å². The molecule has 136 valence electrons. The molecule has 0 aliphatic carbocycles. The average molecular weight is 378 g/mol. The molecule has 11 heteroatoms. The maximum absolute atomic E-state index is 11.8. The second kappa shape index (κ2) is 14.0. The maximum Gasteiger partial charge on any atom is 1.00 e. The molecular weight excluding hydrogens is 355 g/mol. The largest absolute Gasteiger partial charge is 1.00 e. The zero-order valence-corrected chi connectivity index (χ0v) is 17.3. The van der Waals surface area contributed by atoms with Crippen LogP contribution in [0.3, 0.4) is 0 Å². The molecule has 0 aromatic carbocycles. The van der Waals surface area contributed by atoms with Gasteiger partial charge < -0.3 is 23.5 Å². The third-order valence-corrected chi connectivity index (χ3v) is 3.82. The molecule has 2 atom stereocenters. The van der Waals surface area contributed by atoms with Crippen molar-refractivity contribution in [3.63, 3.8) is 0 Å². The first kappa shape index (κ1) is 26.0. The van der Waals surface area contributed by atoms with Crippen LogP contribution in [0.2, 0.25) is 0 Å². The fraction of sp³-hybridized carbons (Fsp3) is 0.846. The van der Waals surface area contributed by atoms with Crippen molar-refractivity contribution in [2.45, 2.75) is 38.5 Å². The summed E-state index contributed by atoms with van der Waals surface area (Å²) in [5, 5.41) is -2.12. The van der Waals surface area contributed by atoms with E-state index in [1.165, 1.54) is 0 Å². The number of hydrogen-bond acceptors (Lipinski definition) is 9. The van der Waals surface area contributed by atoms with Crippen molar-refractivity contribution < 1.29 is 71.1 Å². The predicted octanol–water partition coefficient (Wildman–Crippen LogP) is -3.16.